The highest BCUT2D eigenvalue weighted by molar-refractivity contribution is 5.82. The molecule has 0 radical (unpaired) electrons. The molecule has 0 aliphatic carbocycles. The highest BCUT2D eigenvalue weighted by Gasteiger charge is 2.33. The largest absolute Gasteiger partial charge is 0.496 e. The first-order valence-electron chi connectivity index (χ1n) is 7.19. The average Bonchev–Trinajstić information content (AvgIpc) is 2.91. The Bertz CT molecular complexity index is 475. The highest BCUT2D eigenvalue weighted by Crippen LogP contribution is 2.29. The minimum absolute atomic E-state index is 0.00625. The van der Waals surface area contributed by atoms with Crippen LogP contribution < -0.4 is 10.1 Å². The predicted octanol–water partition coefficient (Wildman–Crippen LogP) is 2.21. The third-order valence-electron chi connectivity index (χ3n) is 4.32. The molecule has 1 N–H and O–H groups in total. The van der Waals surface area contributed by atoms with Gasteiger partial charge in [0.2, 0.25) is 5.91 Å². The maximum Gasteiger partial charge on any atom is 0.240 e. The van der Waals surface area contributed by atoms with Gasteiger partial charge in [-0.1, -0.05) is 25.1 Å². The minimum atomic E-state index is -0.0582. The molecule has 0 bridgehead atoms. The summed E-state index contributed by atoms with van der Waals surface area (Å²) in [7, 11) is 3.53. The van der Waals surface area contributed by atoms with E-state index >= 15 is 0 Å². The number of carbonyl (C=O) groups excluding carboxylic acids is 1. The second-order valence-electron chi connectivity index (χ2n) is 5.56. The van der Waals surface area contributed by atoms with Crippen LogP contribution >= 0.6 is 0 Å². The van der Waals surface area contributed by atoms with E-state index in [0.717, 1.165) is 24.3 Å². The van der Waals surface area contributed by atoms with E-state index in [1.807, 2.05) is 43.1 Å². The Hall–Kier alpha value is -1.55. The van der Waals surface area contributed by atoms with Crippen LogP contribution in [0.3, 0.4) is 0 Å². The van der Waals surface area contributed by atoms with E-state index in [4.69, 9.17) is 4.74 Å². The van der Waals surface area contributed by atoms with Crippen LogP contribution in [0.15, 0.2) is 24.3 Å². The predicted molar refractivity (Wildman–Crippen MR) is 79.8 cm³/mol. The molecule has 0 aromatic heterocycles. The van der Waals surface area contributed by atoms with Gasteiger partial charge in [-0.05, 0) is 31.9 Å². The molecular formula is C16H24N2O2. The Labute approximate surface area is 121 Å². The van der Waals surface area contributed by atoms with Gasteiger partial charge < -0.3 is 15.0 Å². The number of carbonyl (C=O) groups is 1. The number of nitrogens with zero attached hydrogens (tertiary/aromatic N) is 1. The summed E-state index contributed by atoms with van der Waals surface area (Å²) in [6.07, 6.45) is 1.06. The molecule has 0 saturated carbocycles. The summed E-state index contributed by atoms with van der Waals surface area (Å²) >= 11 is 0. The summed E-state index contributed by atoms with van der Waals surface area (Å²) in [6, 6.07) is 7.80. The Morgan fingerprint density at radius 3 is 2.75 bits per heavy atom. The fourth-order valence-electron chi connectivity index (χ4n) is 2.80. The topological polar surface area (TPSA) is 41.6 Å². The molecule has 20 heavy (non-hydrogen) atoms. The van der Waals surface area contributed by atoms with E-state index in [2.05, 4.69) is 12.2 Å². The van der Waals surface area contributed by atoms with E-state index in [0.29, 0.717) is 5.92 Å². The zero-order chi connectivity index (χ0) is 14.7. The summed E-state index contributed by atoms with van der Waals surface area (Å²) in [5.74, 6) is 1.38. The lowest BCUT2D eigenvalue weighted by molar-refractivity contribution is -0.134. The molecular weight excluding hydrogens is 252 g/mol. The van der Waals surface area contributed by atoms with Crippen LogP contribution in [0.4, 0.5) is 0 Å². The second-order valence-corrected chi connectivity index (χ2v) is 5.56. The van der Waals surface area contributed by atoms with Gasteiger partial charge in [-0.2, -0.15) is 0 Å². The van der Waals surface area contributed by atoms with Gasteiger partial charge in [0, 0.05) is 12.6 Å². The van der Waals surface area contributed by atoms with E-state index in [-0.39, 0.29) is 18.0 Å². The molecule has 1 aliphatic rings. The number of benzene rings is 1. The normalized spacial score (nSPS) is 23.4. The van der Waals surface area contributed by atoms with Gasteiger partial charge in [0.1, 0.15) is 5.75 Å². The van der Waals surface area contributed by atoms with Crippen molar-refractivity contribution in [2.24, 2.45) is 5.92 Å². The van der Waals surface area contributed by atoms with Crippen LogP contribution in [0.5, 0.6) is 5.75 Å². The summed E-state index contributed by atoms with van der Waals surface area (Å²) in [5, 5.41) is 3.30. The van der Waals surface area contributed by atoms with Crippen molar-refractivity contribution >= 4 is 5.91 Å². The smallest absolute Gasteiger partial charge is 0.240 e. The number of nitrogens with one attached hydrogen (secondary N) is 1. The van der Waals surface area contributed by atoms with Crippen LogP contribution in [0.2, 0.25) is 0 Å². The van der Waals surface area contributed by atoms with E-state index in [1.165, 1.54) is 0 Å². The molecule has 1 aliphatic heterocycles. The monoisotopic (exact) mass is 276 g/mol. The van der Waals surface area contributed by atoms with Gasteiger partial charge in [0.15, 0.2) is 0 Å². The number of likely N-dealkylation sites (N-methyl/N-ethyl adjacent to an activating group) is 1. The molecule has 1 amide bonds. The molecule has 1 aromatic rings. The average molecular weight is 276 g/mol. The molecule has 1 saturated heterocycles. The number of methoxy groups -OCH3 is 1. The third kappa shape index (κ3) is 2.80. The minimum Gasteiger partial charge on any atom is -0.496 e. The van der Waals surface area contributed by atoms with Crippen molar-refractivity contribution in [1.29, 1.82) is 0 Å². The number of para-hydroxylation sites is 1. The molecule has 2 rings (SSSR count). The third-order valence-corrected chi connectivity index (χ3v) is 4.32. The zero-order valence-corrected chi connectivity index (χ0v) is 12.7. The van der Waals surface area contributed by atoms with Crippen molar-refractivity contribution < 1.29 is 9.53 Å². The zero-order valence-electron chi connectivity index (χ0n) is 12.7. The van der Waals surface area contributed by atoms with Crippen molar-refractivity contribution in [3.8, 4) is 5.75 Å². The van der Waals surface area contributed by atoms with Crippen LogP contribution in [0.1, 0.15) is 31.9 Å². The van der Waals surface area contributed by atoms with Gasteiger partial charge in [0.25, 0.3) is 0 Å². The molecule has 1 aromatic carbocycles. The van der Waals surface area contributed by atoms with Crippen molar-refractivity contribution in [2.75, 3.05) is 20.7 Å². The standard InChI is InChI=1S/C16H24N2O2/c1-11-9-10-17-15(11)16(19)18(3)12(2)13-7-5-6-8-14(13)20-4/h5-8,11-12,15,17H,9-10H2,1-4H3. The van der Waals surface area contributed by atoms with Crippen LogP contribution in [0, 0.1) is 5.92 Å². The fourth-order valence-corrected chi connectivity index (χ4v) is 2.80. The summed E-state index contributed by atoms with van der Waals surface area (Å²) in [6.45, 7) is 5.09. The van der Waals surface area contributed by atoms with Gasteiger partial charge in [-0.25, -0.2) is 0 Å². The Kier molecular flexibility index (Phi) is 4.65. The molecule has 1 fully saturated rings. The Morgan fingerprint density at radius 2 is 2.15 bits per heavy atom. The fraction of sp³-hybridized carbons (Fsp3) is 0.562. The van der Waals surface area contributed by atoms with Gasteiger partial charge in [0.05, 0.1) is 19.2 Å². The molecule has 0 spiro atoms. The SMILES string of the molecule is COc1ccccc1C(C)N(C)C(=O)C1NCCC1C. The van der Waals surface area contributed by atoms with Gasteiger partial charge >= 0.3 is 0 Å². The lowest BCUT2D eigenvalue weighted by atomic mass is 10.00. The number of hydrogen-bond acceptors (Lipinski definition) is 3. The number of hydrogen-bond donors (Lipinski definition) is 1. The lowest BCUT2D eigenvalue weighted by Crippen LogP contribution is -2.45. The van der Waals surface area contributed by atoms with Crippen molar-refractivity contribution in [1.82, 2.24) is 10.2 Å². The van der Waals surface area contributed by atoms with Crippen LogP contribution in [-0.4, -0.2) is 37.6 Å². The number of amides is 1. The molecule has 3 unspecified atom stereocenters. The maximum atomic E-state index is 12.6. The van der Waals surface area contributed by atoms with E-state index in [9.17, 15) is 4.79 Å². The number of ether oxygens (including phenoxy) is 1. The first-order valence-corrected chi connectivity index (χ1v) is 7.19. The molecule has 1 heterocycles. The van der Waals surface area contributed by atoms with E-state index < -0.39 is 0 Å². The summed E-state index contributed by atoms with van der Waals surface area (Å²) in [5.41, 5.74) is 1.04. The molecule has 4 heteroatoms. The molecule has 4 nitrogen and oxygen atoms in total. The van der Waals surface area contributed by atoms with Crippen LogP contribution in [0.25, 0.3) is 0 Å². The van der Waals surface area contributed by atoms with Crippen molar-refractivity contribution in [3.05, 3.63) is 29.8 Å². The first kappa shape index (κ1) is 14.9. The lowest BCUT2D eigenvalue weighted by Gasteiger charge is -2.30. The maximum absolute atomic E-state index is 12.6. The Balaban J connectivity index is 2.15. The van der Waals surface area contributed by atoms with Gasteiger partial charge in [-0.3, -0.25) is 4.79 Å². The molecule has 3 atom stereocenters. The quantitative estimate of drug-likeness (QED) is 0.917. The van der Waals surface area contributed by atoms with Crippen molar-refractivity contribution in [3.63, 3.8) is 0 Å². The second kappa shape index (κ2) is 6.27. The van der Waals surface area contributed by atoms with Crippen LogP contribution in [-0.2, 0) is 4.79 Å². The van der Waals surface area contributed by atoms with E-state index in [1.54, 1.807) is 7.11 Å². The van der Waals surface area contributed by atoms with Crippen molar-refractivity contribution in [2.45, 2.75) is 32.4 Å². The number of rotatable bonds is 4. The summed E-state index contributed by atoms with van der Waals surface area (Å²) < 4.78 is 5.39. The molecule has 110 valence electrons. The summed E-state index contributed by atoms with van der Waals surface area (Å²) in [4.78, 5) is 14.4. The first-order chi connectivity index (χ1) is 9.56. The van der Waals surface area contributed by atoms with Gasteiger partial charge in [-0.15, -0.1) is 0 Å². The Morgan fingerprint density at radius 1 is 1.45 bits per heavy atom. The highest BCUT2D eigenvalue weighted by atomic mass is 16.5.